The third-order valence-electron chi connectivity index (χ3n) is 8.69. The topological polar surface area (TPSA) is 149 Å². The minimum Gasteiger partial charge on any atom is -0.462 e. The highest BCUT2D eigenvalue weighted by Gasteiger charge is 2.27. The van der Waals surface area contributed by atoms with Crippen LogP contribution in [0.3, 0.4) is 0 Å². The quantitative estimate of drug-likeness (QED) is 0.0237. The maximum atomic E-state index is 12.6. The number of aliphatic hydroxyl groups is 2. The summed E-state index contributed by atoms with van der Waals surface area (Å²) in [4.78, 5) is 34.9. The van der Waals surface area contributed by atoms with Crippen LogP contribution < -0.4 is 0 Å². The lowest BCUT2D eigenvalue weighted by molar-refractivity contribution is -0.161. The third-order valence-corrected chi connectivity index (χ3v) is 9.64. The van der Waals surface area contributed by atoms with Crippen molar-refractivity contribution in [1.29, 1.82) is 0 Å². The lowest BCUT2D eigenvalue weighted by atomic mass is 10.0. The molecular weight excluding hydrogens is 719 g/mol. The molecule has 0 spiro atoms. The number of ether oxygens (including phenoxy) is 2. The van der Waals surface area contributed by atoms with Crippen LogP contribution in [0.4, 0.5) is 0 Å². The van der Waals surface area contributed by atoms with E-state index >= 15 is 0 Å². The molecule has 3 N–H and O–H groups in total. The van der Waals surface area contributed by atoms with Gasteiger partial charge in [-0.25, -0.2) is 4.57 Å². The summed E-state index contributed by atoms with van der Waals surface area (Å²) in [5.41, 5.74) is 0. The van der Waals surface area contributed by atoms with Crippen LogP contribution in [0.5, 0.6) is 0 Å². The van der Waals surface area contributed by atoms with Crippen molar-refractivity contribution in [3.63, 3.8) is 0 Å². The summed E-state index contributed by atoms with van der Waals surface area (Å²) in [6, 6.07) is 0. The summed E-state index contributed by atoms with van der Waals surface area (Å²) in [5, 5.41) is 18.3. The predicted molar refractivity (Wildman–Crippen MR) is 224 cm³/mol. The number of phosphoric ester groups is 1. The maximum Gasteiger partial charge on any atom is 0.472 e. The van der Waals surface area contributed by atoms with E-state index < -0.39 is 51.8 Å². The molecule has 11 heteroatoms. The number of rotatable bonds is 39. The van der Waals surface area contributed by atoms with Crippen molar-refractivity contribution in [3.05, 3.63) is 60.8 Å². The van der Waals surface area contributed by atoms with E-state index in [0.29, 0.717) is 12.8 Å². The first kappa shape index (κ1) is 52.7. The molecule has 0 bridgehead atoms. The SMILES string of the molecule is CC/C=C/C/C=C/C/C=C/C/C=C/C/C=C/CCCCCC(=O)OC[C@@H](COP(=O)(O)OC[C@H](O)CO)OC(=O)CCCCCCCCCCCCCCC. The molecule has 0 fully saturated rings. The molecule has 318 valence electrons. The molecule has 10 nitrogen and oxygen atoms in total. The maximum absolute atomic E-state index is 12.6. The predicted octanol–water partition coefficient (Wildman–Crippen LogP) is 11.1. The molecule has 0 rings (SSSR count). The van der Waals surface area contributed by atoms with Crippen LogP contribution in [0.15, 0.2) is 60.8 Å². The van der Waals surface area contributed by atoms with Crippen LogP contribution in [0.2, 0.25) is 0 Å². The molecule has 0 aromatic rings. The zero-order chi connectivity index (χ0) is 40.5. The Labute approximate surface area is 334 Å². The van der Waals surface area contributed by atoms with Crippen molar-refractivity contribution in [2.45, 2.75) is 180 Å². The Bertz CT molecular complexity index is 1100. The van der Waals surface area contributed by atoms with Gasteiger partial charge < -0.3 is 24.6 Å². The van der Waals surface area contributed by atoms with Crippen molar-refractivity contribution in [2.75, 3.05) is 26.4 Å². The molecule has 0 aliphatic carbocycles. The smallest absolute Gasteiger partial charge is 0.462 e. The van der Waals surface area contributed by atoms with Crippen LogP contribution in [-0.2, 0) is 32.7 Å². The molecule has 0 aromatic carbocycles. The molecule has 0 saturated carbocycles. The third kappa shape index (κ3) is 39.7. The normalized spacial score (nSPS) is 14.5. The number of hydrogen-bond donors (Lipinski definition) is 3. The first-order valence-corrected chi connectivity index (χ1v) is 22.7. The van der Waals surface area contributed by atoms with E-state index in [1.54, 1.807) is 0 Å². The molecule has 0 aromatic heterocycles. The Morgan fingerprint density at radius 2 is 1.00 bits per heavy atom. The van der Waals surface area contributed by atoms with E-state index in [1.165, 1.54) is 57.8 Å². The fourth-order valence-electron chi connectivity index (χ4n) is 5.43. The Balaban J connectivity index is 4.36. The van der Waals surface area contributed by atoms with Gasteiger partial charge in [0.2, 0.25) is 0 Å². The summed E-state index contributed by atoms with van der Waals surface area (Å²) >= 11 is 0. The fraction of sp³-hybridized carbons (Fsp3) is 0.727. The van der Waals surface area contributed by atoms with Crippen LogP contribution in [-0.4, -0.2) is 65.7 Å². The molecule has 0 saturated heterocycles. The second kappa shape index (κ2) is 39.9. The zero-order valence-electron chi connectivity index (χ0n) is 34.4. The summed E-state index contributed by atoms with van der Waals surface area (Å²) in [7, 11) is -4.62. The second-order valence-corrected chi connectivity index (χ2v) is 15.4. The van der Waals surface area contributed by atoms with Crippen LogP contribution in [0.1, 0.15) is 168 Å². The highest BCUT2D eigenvalue weighted by molar-refractivity contribution is 7.47. The summed E-state index contributed by atoms with van der Waals surface area (Å²) in [6.07, 6.45) is 43.3. The van der Waals surface area contributed by atoms with E-state index in [1.807, 2.05) is 0 Å². The monoisotopic (exact) mass is 797 g/mol. The van der Waals surface area contributed by atoms with Gasteiger partial charge in [-0.05, 0) is 57.8 Å². The largest absolute Gasteiger partial charge is 0.472 e. The van der Waals surface area contributed by atoms with Gasteiger partial charge in [0, 0.05) is 12.8 Å². The molecule has 0 aliphatic rings. The summed E-state index contributed by atoms with van der Waals surface area (Å²) in [5.74, 6) is -0.964. The average molecular weight is 797 g/mol. The Hall–Kier alpha value is -2.33. The van der Waals surface area contributed by atoms with Gasteiger partial charge in [0.25, 0.3) is 0 Å². The number of carbonyl (C=O) groups excluding carboxylic acids is 2. The number of hydrogen-bond acceptors (Lipinski definition) is 9. The molecule has 0 heterocycles. The number of carbonyl (C=O) groups is 2. The van der Waals surface area contributed by atoms with Gasteiger partial charge >= 0.3 is 19.8 Å². The highest BCUT2D eigenvalue weighted by atomic mass is 31.2. The molecule has 1 unspecified atom stereocenters. The van der Waals surface area contributed by atoms with E-state index in [4.69, 9.17) is 19.1 Å². The molecule has 0 amide bonds. The van der Waals surface area contributed by atoms with Gasteiger partial charge in [-0.2, -0.15) is 0 Å². The number of esters is 2. The van der Waals surface area contributed by atoms with Crippen molar-refractivity contribution in [2.24, 2.45) is 0 Å². The van der Waals surface area contributed by atoms with E-state index in [2.05, 4.69) is 79.1 Å². The molecule has 0 aliphatic heterocycles. The Morgan fingerprint density at radius 1 is 0.564 bits per heavy atom. The van der Waals surface area contributed by atoms with Gasteiger partial charge in [-0.3, -0.25) is 18.6 Å². The van der Waals surface area contributed by atoms with Gasteiger partial charge in [-0.15, -0.1) is 0 Å². The number of aliphatic hydroxyl groups excluding tert-OH is 2. The van der Waals surface area contributed by atoms with Gasteiger partial charge in [0.1, 0.15) is 12.7 Å². The van der Waals surface area contributed by atoms with Crippen molar-refractivity contribution < 1.29 is 47.8 Å². The van der Waals surface area contributed by atoms with Gasteiger partial charge in [0.05, 0.1) is 19.8 Å². The molecule has 55 heavy (non-hydrogen) atoms. The number of phosphoric acid groups is 1. The Kier molecular flexibility index (Phi) is 38.2. The lowest BCUT2D eigenvalue weighted by Crippen LogP contribution is -2.29. The molecule has 3 atom stereocenters. The average Bonchev–Trinajstić information content (AvgIpc) is 3.17. The fourth-order valence-corrected chi connectivity index (χ4v) is 6.22. The van der Waals surface area contributed by atoms with Gasteiger partial charge in [0.15, 0.2) is 6.10 Å². The Morgan fingerprint density at radius 3 is 1.51 bits per heavy atom. The first-order valence-electron chi connectivity index (χ1n) is 21.2. The number of unbranched alkanes of at least 4 members (excludes halogenated alkanes) is 15. The van der Waals surface area contributed by atoms with Crippen molar-refractivity contribution >= 4 is 19.8 Å². The zero-order valence-corrected chi connectivity index (χ0v) is 35.3. The van der Waals surface area contributed by atoms with Gasteiger partial charge in [-0.1, -0.05) is 158 Å². The minimum atomic E-state index is -4.62. The van der Waals surface area contributed by atoms with Crippen LogP contribution in [0.25, 0.3) is 0 Å². The van der Waals surface area contributed by atoms with Crippen molar-refractivity contribution in [1.82, 2.24) is 0 Å². The van der Waals surface area contributed by atoms with Crippen LogP contribution >= 0.6 is 7.82 Å². The first-order chi connectivity index (χ1) is 26.7. The van der Waals surface area contributed by atoms with Crippen LogP contribution in [0, 0.1) is 0 Å². The van der Waals surface area contributed by atoms with E-state index in [0.717, 1.165) is 70.6 Å². The van der Waals surface area contributed by atoms with E-state index in [9.17, 15) is 24.2 Å². The summed E-state index contributed by atoms with van der Waals surface area (Å²) in [6.45, 7) is 2.22. The lowest BCUT2D eigenvalue weighted by Gasteiger charge is -2.20. The standard InChI is InChI=1S/C44H77O10P/c1-3-5-7-9-11-13-15-17-18-19-20-21-22-24-25-27-29-31-33-35-43(47)51-39-42(40-53-55(49,50)52-38-41(46)37-45)54-44(48)36-34-32-30-28-26-23-16-14-12-10-8-6-4-2/h5,7,11,13,17-18,20-21,24-25,41-42,45-46H,3-4,6,8-10,12,14-16,19,22-23,26-40H2,1-2H3,(H,49,50)/b7-5+,13-11+,18-17+,21-20+,25-24+/t41-,42+/m1/s1. The minimum absolute atomic E-state index is 0.177. The molecular formula is C44H77O10P. The summed E-state index contributed by atoms with van der Waals surface area (Å²) < 4.78 is 32.7. The van der Waals surface area contributed by atoms with E-state index in [-0.39, 0.29) is 19.4 Å². The second-order valence-electron chi connectivity index (χ2n) is 14.0. The molecule has 0 radical (unpaired) electrons. The van der Waals surface area contributed by atoms with Crippen molar-refractivity contribution in [3.8, 4) is 0 Å². The number of allylic oxidation sites excluding steroid dienone is 10. The highest BCUT2D eigenvalue weighted by Crippen LogP contribution is 2.43.